The van der Waals surface area contributed by atoms with E-state index in [1.54, 1.807) is 0 Å². The van der Waals surface area contributed by atoms with Gasteiger partial charge in [-0.25, -0.2) is 0 Å². The molecule has 2 aromatic carbocycles. The van der Waals surface area contributed by atoms with Crippen molar-refractivity contribution in [3.8, 4) is 5.75 Å². The third-order valence-corrected chi connectivity index (χ3v) is 2.63. The minimum Gasteiger partial charge on any atom is -0.485 e. The number of oxazole rings is 1. The van der Waals surface area contributed by atoms with Crippen LogP contribution in [0, 0.1) is 0 Å². The van der Waals surface area contributed by atoms with Crippen LogP contribution in [0.5, 0.6) is 5.75 Å². The van der Waals surface area contributed by atoms with Crippen LogP contribution in [0.15, 0.2) is 52.9 Å². The minimum absolute atomic E-state index is 0.153. The van der Waals surface area contributed by atoms with Crippen LogP contribution in [0.1, 0.15) is 5.56 Å². The summed E-state index contributed by atoms with van der Waals surface area (Å²) in [6.45, 7) is 0.487. The molecule has 0 saturated carbocycles. The van der Waals surface area contributed by atoms with Crippen molar-refractivity contribution in [2.45, 2.75) is 6.61 Å². The second kappa shape index (κ2) is 4.41. The van der Waals surface area contributed by atoms with Crippen molar-refractivity contribution in [1.82, 2.24) is 4.98 Å². The van der Waals surface area contributed by atoms with Gasteiger partial charge in [0.2, 0.25) is 0 Å². The van der Waals surface area contributed by atoms with Gasteiger partial charge in [-0.1, -0.05) is 36.4 Å². The fourth-order valence-corrected chi connectivity index (χ4v) is 1.79. The quantitative estimate of drug-likeness (QED) is 0.764. The van der Waals surface area contributed by atoms with Gasteiger partial charge in [0.25, 0.3) is 6.01 Å². The van der Waals surface area contributed by atoms with Crippen molar-refractivity contribution in [2.75, 3.05) is 5.73 Å². The Morgan fingerprint density at radius 3 is 2.72 bits per heavy atom. The summed E-state index contributed by atoms with van der Waals surface area (Å²) < 4.78 is 11.1. The van der Waals surface area contributed by atoms with E-state index in [9.17, 15) is 0 Å². The van der Waals surface area contributed by atoms with Crippen LogP contribution in [0.4, 0.5) is 6.01 Å². The van der Waals surface area contributed by atoms with Crippen molar-refractivity contribution in [1.29, 1.82) is 0 Å². The zero-order valence-electron chi connectivity index (χ0n) is 9.67. The molecule has 0 unspecified atom stereocenters. The number of para-hydroxylation sites is 1. The van der Waals surface area contributed by atoms with E-state index in [-0.39, 0.29) is 6.01 Å². The van der Waals surface area contributed by atoms with Gasteiger partial charge in [0, 0.05) is 0 Å². The third kappa shape index (κ3) is 2.00. The van der Waals surface area contributed by atoms with Crippen LogP contribution < -0.4 is 10.5 Å². The van der Waals surface area contributed by atoms with Gasteiger partial charge in [-0.05, 0) is 17.7 Å². The van der Waals surface area contributed by atoms with Crippen LogP contribution in [0.3, 0.4) is 0 Å². The van der Waals surface area contributed by atoms with E-state index in [0.29, 0.717) is 23.5 Å². The van der Waals surface area contributed by atoms with Crippen LogP contribution in [-0.4, -0.2) is 4.98 Å². The number of anilines is 1. The molecule has 0 atom stereocenters. The number of nitrogens with two attached hydrogens (primary N) is 1. The monoisotopic (exact) mass is 240 g/mol. The molecule has 0 amide bonds. The lowest BCUT2D eigenvalue weighted by atomic mass is 10.2. The number of hydrogen-bond donors (Lipinski definition) is 1. The topological polar surface area (TPSA) is 61.3 Å². The Labute approximate surface area is 104 Å². The summed E-state index contributed by atoms with van der Waals surface area (Å²) in [7, 11) is 0. The maximum absolute atomic E-state index is 5.73. The van der Waals surface area contributed by atoms with Crippen LogP contribution in [0.2, 0.25) is 0 Å². The first-order chi connectivity index (χ1) is 8.83. The predicted octanol–water partition coefficient (Wildman–Crippen LogP) is 2.99. The summed E-state index contributed by atoms with van der Waals surface area (Å²) in [4.78, 5) is 4.06. The van der Waals surface area contributed by atoms with Gasteiger partial charge < -0.3 is 14.9 Å². The van der Waals surface area contributed by atoms with Gasteiger partial charge in [-0.3, -0.25) is 0 Å². The summed E-state index contributed by atoms with van der Waals surface area (Å²) in [5, 5.41) is 0. The Hall–Kier alpha value is -2.49. The summed E-state index contributed by atoms with van der Waals surface area (Å²) >= 11 is 0. The second-order valence-electron chi connectivity index (χ2n) is 3.93. The van der Waals surface area contributed by atoms with Crippen molar-refractivity contribution >= 4 is 17.1 Å². The van der Waals surface area contributed by atoms with E-state index in [0.717, 1.165) is 5.56 Å². The molecule has 90 valence electrons. The number of ether oxygens (including phenoxy) is 1. The summed E-state index contributed by atoms with van der Waals surface area (Å²) in [5.41, 5.74) is 7.93. The van der Waals surface area contributed by atoms with Crippen LogP contribution in [0.25, 0.3) is 11.1 Å². The zero-order valence-corrected chi connectivity index (χ0v) is 9.67. The number of benzene rings is 2. The number of hydrogen-bond acceptors (Lipinski definition) is 4. The van der Waals surface area contributed by atoms with Crippen LogP contribution >= 0.6 is 0 Å². The molecule has 0 aliphatic heterocycles. The fourth-order valence-electron chi connectivity index (χ4n) is 1.79. The maximum Gasteiger partial charge on any atom is 0.293 e. The molecular weight excluding hydrogens is 228 g/mol. The molecule has 4 heteroatoms. The molecule has 18 heavy (non-hydrogen) atoms. The average Bonchev–Trinajstić information content (AvgIpc) is 2.78. The van der Waals surface area contributed by atoms with E-state index in [1.807, 2.05) is 48.5 Å². The Balaban J connectivity index is 1.86. The van der Waals surface area contributed by atoms with E-state index < -0.39 is 0 Å². The van der Waals surface area contributed by atoms with Gasteiger partial charge in [0.05, 0.1) is 0 Å². The van der Waals surface area contributed by atoms with E-state index >= 15 is 0 Å². The number of nitrogen functional groups attached to an aromatic ring is 1. The van der Waals surface area contributed by atoms with Gasteiger partial charge in [0.1, 0.15) is 12.1 Å². The smallest absolute Gasteiger partial charge is 0.293 e. The lowest BCUT2D eigenvalue weighted by molar-refractivity contribution is 0.305. The van der Waals surface area contributed by atoms with Crippen molar-refractivity contribution in [3.05, 3.63) is 54.1 Å². The molecule has 3 aromatic rings. The molecule has 0 aliphatic carbocycles. The Morgan fingerprint density at radius 1 is 1.06 bits per heavy atom. The van der Waals surface area contributed by atoms with Crippen LogP contribution in [-0.2, 0) is 6.61 Å². The lowest BCUT2D eigenvalue weighted by Crippen LogP contribution is -1.94. The second-order valence-corrected chi connectivity index (χ2v) is 3.93. The van der Waals surface area contributed by atoms with Gasteiger partial charge in [-0.15, -0.1) is 0 Å². The minimum atomic E-state index is 0.153. The lowest BCUT2D eigenvalue weighted by Gasteiger charge is -2.05. The van der Waals surface area contributed by atoms with E-state index in [4.69, 9.17) is 14.9 Å². The molecule has 0 spiro atoms. The van der Waals surface area contributed by atoms with Gasteiger partial charge in [-0.2, -0.15) is 4.98 Å². The average molecular weight is 240 g/mol. The normalized spacial score (nSPS) is 10.7. The number of rotatable bonds is 3. The molecule has 1 aromatic heterocycles. The summed E-state index contributed by atoms with van der Waals surface area (Å²) in [6, 6.07) is 15.6. The third-order valence-electron chi connectivity index (χ3n) is 2.63. The highest BCUT2D eigenvalue weighted by Crippen LogP contribution is 2.27. The molecule has 2 N–H and O–H groups in total. The molecule has 3 rings (SSSR count). The highest BCUT2D eigenvalue weighted by atomic mass is 16.5. The molecule has 0 aliphatic rings. The Kier molecular flexibility index (Phi) is 2.61. The SMILES string of the molecule is Nc1nc2cccc(OCc3ccccc3)c2o1. The highest BCUT2D eigenvalue weighted by molar-refractivity contribution is 5.80. The first kappa shape index (κ1) is 10.7. The molecule has 0 saturated heterocycles. The van der Waals surface area contributed by atoms with Crippen molar-refractivity contribution < 1.29 is 9.15 Å². The molecular formula is C14H12N2O2. The van der Waals surface area contributed by atoms with Crippen molar-refractivity contribution in [2.24, 2.45) is 0 Å². The van der Waals surface area contributed by atoms with E-state index in [2.05, 4.69) is 4.98 Å². The number of fused-ring (bicyclic) bond motifs is 1. The zero-order chi connectivity index (χ0) is 12.4. The van der Waals surface area contributed by atoms with Gasteiger partial charge >= 0.3 is 0 Å². The maximum atomic E-state index is 5.73. The first-order valence-electron chi connectivity index (χ1n) is 5.65. The first-order valence-corrected chi connectivity index (χ1v) is 5.65. The van der Waals surface area contributed by atoms with Crippen molar-refractivity contribution in [3.63, 3.8) is 0 Å². The Bertz CT molecular complexity index is 662. The van der Waals surface area contributed by atoms with Gasteiger partial charge in [0.15, 0.2) is 11.3 Å². The highest BCUT2D eigenvalue weighted by Gasteiger charge is 2.08. The van der Waals surface area contributed by atoms with E-state index in [1.165, 1.54) is 0 Å². The number of aromatic nitrogens is 1. The molecule has 4 nitrogen and oxygen atoms in total. The number of nitrogens with zero attached hydrogens (tertiary/aromatic N) is 1. The molecule has 0 bridgehead atoms. The molecule has 0 fully saturated rings. The summed E-state index contributed by atoms with van der Waals surface area (Å²) in [5.74, 6) is 0.653. The molecule has 1 heterocycles. The fraction of sp³-hybridized carbons (Fsp3) is 0.0714. The predicted molar refractivity (Wildman–Crippen MR) is 69.2 cm³/mol. The standard InChI is InChI=1S/C14H12N2O2/c15-14-16-11-7-4-8-12(13(11)18-14)17-9-10-5-2-1-3-6-10/h1-8H,9H2,(H2,15,16). The largest absolute Gasteiger partial charge is 0.485 e. The molecule has 0 radical (unpaired) electrons. The summed E-state index contributed by atoms with van der Waals surface area (Å²) in [6.07, 6.45) is 0. The Morgan fingerprint density at radius 2 is 1.89 bits per heavy atom.